The van der Waals surface area contributed by atoms with Gasteiger partial charge in [-0.2, -0.15) is 0 Å². The highest BCUT2D eigenvalue weighted by Crippen LogP contribution is 2.28. The Hall–Kier alpha value is -2.04. The van der Waals surface area contributed by atoms with Gasteiger partial charge in [-0.1, -0.05) is 51.1 Å². The van der Waals surface area contributed by atoms with Crippen LogP contribution in [0.1, 0.15) is 32.8 Å². The molecule has 0 saturated heterocycles. The summed E-state index contributed by atoms with van der Waals surface area (Å²) in [7, 11) is 0. The Labute approximate surface area is 125 Å². The minimum atomic E-state index is -0.846. The molecule has 1 rings (SSSR count). The zero-order chi connectivity index (χ0) is 15.9. The molecule has 0 bridgehead atoms. The zero-order valence-corrected chi connectivity index (χ0v) is 12.8. The minimum Gasteiger partial charge on any atom is -0.481 e. The highest BCUT2D eigenvalue weighted by Gasteiger charge is 2.27. The van der Waals surface area contributed by atoms with Crippen LogP contribution in [0.2, 0.25) is 0 Å². The van der Waals surface area contributed by atoms with Crippen LogP contribution < -0.4 is 10.6 Å². The number of carbonyl (C=O) groups excluding carboxylic acids is 1. The van der Waals surface area contributed by atoms with E-state index in [0.717, 1.165) is 5.56 Å². The fourth-order valence-corrected chi connectivity index (χ4v) is 1.95. The van der Waals surface area contributed by atoms with E-state index in [1.165, 1.54) is 0 Å². The van der Waals surface area contributed by atoms with Crippen molar-refractivity contribution in [1.82, 2.24) is 10.6 Å². The summed E-state index contributed by atoms with van der Waals surface area (Å²) < 4.78 is 0. The summed E-state index contributed by atoms with van der Waals surface area (Å²) in [5.41, 5.74) is 0.844. The van der Waals surface area contributed by atoms with E-state index in [0.29, 0.717) is 13.1 Å². The second kappa shape index (κ2) is 7.67. The van der Waals surface area contributed by atoms with Crippen LogP contribution in [0, 0.1) is 11.3 Å². The summed E-state index contributed by atoms with van der Waals surface area (Å²) in [6.45, 7) is 6.72. The quantitative estimate of drug-likeness (QED) is 0.754. The summed E-state index contributed by atoms with van der Waals surface area (Å²) in [4.78, 5) is 22.6. The topological polar surface area (TPSA) is 78.4 Å². The van der Waals surface area contributed by atoms with Crippen molar-refractivity contribution in [2.24, 2.45) is 11.3 Å². The fraction of sp³-hybridized carbons (Fsp3) is 0.500. The third-order valence-electron chi connectivity index (χ3n) is 3.45. The number of carboxylic acid groups (broad SMARTS) is 1. The zero-order valence-electron chi connectivity index (χ0n) is 12.8. The van der Waals surface area contributed by atoms with Gasteiger partial charge in [0, 0.05) is 13.1 Å². The minimum absolute atomic E-state index is 0.0441. The molecule has 0 aliphatic heterocycles. The molecule has 0 radical (unpaired) electrons. The first kappa shape index (κ1) is 17.0. The Bertz CT molecular complexity index is 466. The molecule has 1 unspecified atom stereocenters. The maximum absolute atomic E-state index is 11.8. The summed E-state index contributed by atoms with van der Waals surface area (Å²) in [6, 6.07) is 9.34. The third kappa shape index (κ3) is 6.79. The molecule has 5 nitrogen and oxygen atoms in total. The number of amides is 2. The van der Waals surface area contributed by atoms with Crippen LogP contribution in [-0.4, -0.2) is 23.7 Å². The predicted molar refractivity (Wildman–Crippen MR) is 81.9 cm³/mol. The van der Waals surface area contributed by atoms with Gasteiger partial charge in [0.1, 0.15) is 0 Å². The number of nitrogens with one attached hydrogen (secondary N) is 2. The Morgan fingerprint density at radius 1 is 1.14 bits per heavy atom. The van der Waals surface area contributed by atoms with Crippen molar-refractivity contribution in [2.45, 2.75) is 33.7 Å². The van der Waals surface area contributed by atoms with Gasteiger partial charge >= 0.3 is 12.0 Å². The normalized spacial score (nSPS) is 12.5. The van der Waals surface area contributed by atoms with Gasteiger partial charge in [-0.3, -0.25) is 4.79 Å². The lowest BCUT2D eigenvalue weighted by Crippen LogP contribution is -2.41. The van der Waals surface area contributed by atoms with E-state index in [1.807, 2.05) is 51.1 Å². The van der Waals surface area contributed by atoms with E-state index in [4.69, 9.17) is 5.11 Å². The predicted octanol–water partition coefficient (Wildman–Crippen LogP) is 2.62. The number of aliphatic carboxylic acids is 1. The van der Waals surface area contributed by atoms with E-state index in [9.17, 15) is 9.59 Å². The van der Waals surface area contributed by atoms with E-state index in [-0.39, 0.29) is 23.8 Å². The molecule has 0 spiro atoms. The van der Waals surface area contributed by atoms with Crippen LogP contribution in [0.15, 0.2) is 30.3 Å². The molecule has 21 heavy (non-hydrogen) atoms. The maximum atomic E-state index is 11.8. The Morgan fingerprint density at radius 3 is 2.29 bits per heavy atom. The van der Waals surface area contributed by atoms with E-state index in [1.54, 1.807) is 0 Å². The molecule has 3 N–H and O–H groups in total. The number of carboxylic acids is 1. The lowest BCUT2D eigenvalue weighted by molar-refractivity contribution is -0.139. The average Bonchev–Trinajstić information content (AvgIpc) is 2.40. The summed E-state index contributed by atoms with van der Waals surface area (Å²) in [5.74, 6) is -0.959. The highest BCUT2D eigenvalue weighted by molar-refractivity contribution is 5.74. The monoisotopic (exact) mass is 292 g/mol. The number of hydrogen-bond donors (Lipinski definition) is 3. The van der Waals surface area contributed by atoms with Crippen molar-refractivity contribution in [3.05, 3.63) is 35.9 Å². The molecule has 1 aromatic rings. The van der Waals surface area contributed by atoms with Crippen molar-refractivity contribution in [1.29, 1.82) is 0 Å². The van der Waals surface area contributed by atoms with Gasteiger partial charge in [0.05, 0.1) is 6.42 Å². The van der Waals surface area contributed by atoms with Crippen LogP contribution in [0.4, 0.5) is 4.79 Å². The molecular weight excluding hydrogens is 268 g/mol. The first-order chi connectivity index (χ1) is 9.79. The van der Waals surface area contributed by atoms with Crippen LogP contribution in [0.5, 0.6) is 0 Å². The van der Waals surface area contributed by atoms with E-state index >= 15 is 0 Å². The molecule has 2 amide bonds. The molecule has 0 aliphatic carbocycles. The van der Waals surface area contributed by atoms with E-state index in [2.05, 4.69) is 10.6 Å². The molecule has 0 saturated carbocycles. The largest absolute Gasteiger partial charge is 0.481 e. The first-order valence-electron chi connectivity index (χ1n) is 7.06. The average molecular weight is 292 g/mol. The van der Waals surface area contributed by atoms with Crippen molar-refractivity contribution in [3.8, 4) is 0 Å². The maximum Gasteiger partial charge on any atom is 0.315 e. The van der Waals surface area contributed by atoms with Crippen LogP contribution in [0.3, 0.4) is 0 Å². The summed E-state index contributed by atoms with van der Waals surface area (Å²) in [5, 5.41) is 14.4. The molecule has 0 aromatic heterocycles. The fourth-order valence-electron chi connectivity index (χ4n) is 1.95. The van der Waals surface area contributed by atoms with Crippen LogP contribution in [-0.2, 0) is 11.3 Å². The van der Waals surface area contributed by atoms with Gasteiger partial charge in [-0.15, -0.1) is 0 Å². The van der Waals surface area contributed by atoms with Crippen molar-refractivity contribution in [3.63, 3.8) is 0 Å². The first-order valence-corrected chi connectivity index (χ1v) is 7.06. The Balaban J connectivity index is 2.41. The van der Waals surface area contributed by atoms with E-state index < -0.39 is 5.97 Å². The lowest BCUT2D eigenvalue weighted by Gasteiger charge is -2.29. The number of rotatable bonds is 6. The second-order valence-electron chi connectivity index (χ2n) is 6.21. The van der Waals surface area contributed by atoms with Gasteiger partial charge in [0.25, 0.3) is 0 Å². The molecule has 0 aliphatic rings. The van der Waals surface area contributed by atoms with Gasteiger partial charge in [-0.05, 0) is 16.9 Å². The van der Waals surface area contributed by atoms with Gasteiger partial charge in [0.2, 0.25) is 0 Å². The smallest absolute Gasteiger partial charge is 0.315 e. The van der Waals surface area contributed by atoms with Crippen molar-refractivity contribution in [2.75, 3.05) is 6.54 Å². The summed E-state index contributed by atoms with van der Waals surface area (Å²) in [6.07, 6.45) is 0.0441. The highest BCUT2D eigenvalue weighted by atomic mass is 16.4. The second-order valence-corrected chi connectivity index (χ2v) is 6.21. The third-order valence-corrected chi connectivity index (χ3v) is 3.45. The number of urea groups is 1. The lowest BCUT2D eigenvalue weighted by atomic mass is 9.79. The van der Waals surface area contributed by atoms with Crippen LogP contribution >= 0.6 is 0 Å². The molecule has 1 aromatic carbocycles. The van der Waals surface area contributed by atoms with Gasteiger partial charge in [0.15, 0.2) is 0 Å². The van der Waals surface area contributed by atoms with Crippen molar-refractivity contribution >= 4 is 12.0 Å². The van der Waals surface area contributed by atoms with Gasteiger partial charge in [-0.25, -0.2) is 4.79 Å². The molecule has 0 fully saturated rings. The SMILES string of the molecule is CC(C)(C)C(CNC(=O)NCc1ccccc1)CC(=O)O. The number of hydrogen-bond acceptors (Lipinski definition) is 2. The number of carbonyl (C=O) groups is 2. The molecule has 5 heteroatoms. The molecule has 1 atom stereocenters. The van der Waals surface area contributed by atoms with Crippen molar-refractivity contribution < 1.29 is 14.7 Å². The molecule has 116 valence electrons. The van der Waals surface area contributed by atoms with Gasteiger partial charge < -0.3 is 15.7 Å². The Kier molecular flexibility index (Phi) is 6.21. The standard InChI is InChI=1S/C16H24N2O3/c1-16(2,3)13(9-14(19)20)11-18-15(21)17-10-12-7-5-4-6-8-12/h4-8,13H,9-11H2,1-3H3,(H,19,20)(H2,17,18,21). The van der Waals surface area contributed by atoms with Crippen LogP contribution in [0.25, 0.3) is 0 Å². The molecular formula is C16H24N2O3. The Morgan fingerprint density at radius 2 is 1.76 bits per heavy atom. The number of benzene rings is 1. The molecule has 0 heterocycles. The summed E-state index contributed by atoms with van der Waals surface area (Å²) >= 11 is 0.